The Kier molecular flexibility index (Phi) is 4.69. The SMILES string of the molecule is CS(=O)(=O)N1CCC(c2ncc(-c3cc(Cl)cc(Cl)c3)[nH]2)CC1. The summed E-state index contributed by atoms with van der Waals surface area (Å²) < 4.78 is 24.6. The quantitative estimate of drug-likeness (QED) is 0.894. The molecule has 23 heavy (non-hydrogen) atoms. The average molecular weight is 374 g/mol. The van der Waals surface area contributed by atoms with Crippen LogP contribution in [0, 0.1) is 0 Å². The van der Waals surface area contributed by atoms with Gasteiger partial charge in [-0.1, -0.05) is 23.2 Å². The largest absolute Gasteiger partial charge is 0.342 e. The third-order valence-corrected chi connectivity index (χ3v) is 5.82. The van der Waals surface area contributed by atoms with Gasteiger partial charge in [0.1, 0.15) is 5.82 Å². The molecule has 3 rings (SSSR count). The summed E-state index contributed by atoms with van der Waals surface area (Å²) in [5.74, 6) is 1.11. The summed E-state index contributed by atoms with van der Waals surface area (Å²) >= 11 is 12.1. The Hall–Kier alpha value is -1.08. The Balaban J connectivity index is 1.75. The zero-order chi connectivity index (χ0) is 16.6. The maximum absolute atomic E-state index is 11.6. The van der Waals surface area contributed by atoms with Crippen molar-refractivity contribution in [3.05, 3.63) is 40.3 Å². The fourth-order valence-electron chi connectivity index (χ4n) is 2.86. The summed E-state index contributed by atoms with van der Waals surface area (Å²) in [7, 11) is -3.11. The molecule has 1 aliphatic heterocycles. The van der Waals surface area contributed by atoms with E-state index in [4.69, 9.17) is 23.2 Å². The molecule has 1 fully saturated rings. The number of aromatic nitrogens is 2. The summed E-state index contributed by atoms with van der Waals surface area (Å²) in [6.07, 6.45) is 4.54. The van der Waals surface area contributed by atoms with Gasteiger partial charge in [0, 0.05) is 34.6 Å². The van der Waals surface area contributed by atoms with Gasteiger partial charge in [-0.3, -0.25) is 0 Å². The Morgan fingerprint density at radius 1 is 1.17 bits per heavy atom. The van der Waals surface area contributed by atoms with Gasteiger partial charge in [0.05, 0.1) is 18.1 Å². The number of piperidine rings is 1. The first-order valence-electron chi connectivity index (χ1n) is 7.29. The molecule has 1 saturated heterocycles. The number of aromatic amines is 1. The third-order valence-electron chi connectivity index (χ3n) is 4.08. The van der Waals surface area contributed by atoms with Crippen LogP contribution in [0.15, 0.2) is 24.4 Å². The van der Waals surface area contributed by atoms with Crippen LogP contribution in [-0.2, 0) is 10.0 Å². The lowest BCUT2D eigenvalue weighted by atomic mass is 9.97. The lowest BCUT2D eigenvalue weighted by molar-refractivity contribution is 0.316. The minimum atomic E-state index is -3.11. The molecule has 0 spiro atoms. The lowest BCUT2D eigenvalue weighted by Gasteiger charge is -2.29. The molecule has 0 radical (unpaired) electrons. The fraction of sp³-hybridized carbons (Fsp3) is 0.400. The standard InChI is InChI=1S/C15H17Cl2N3O2S/c1-23(21,22)20-4-2-10(3-5-20)15-18-9-14(19-15)11-6-12(16)8-13(17)7-11/h6-10H,2-5H2,1H3,(H,18,19). The Bertz CT molecular complexity index is 792. The van der Waals surface area contributed by atoms with Crippen LogP contribution in [0.25, 0.3) is 11.3 Å². The van der Waals surface area contributed by atoms with E-state index in [0.29, 0.717) is 23.1 Å². The van der Waals surface area contributed by atoms with Crippen molar-refractivity contribution in [2.45, 2.75) is 18.8 Å². The molecule has 5 nitrogen and oxygen atoms in total. The molecule has 124 valence electrons. The minimum absolute atomic E-state index is 0.233. The topological polar surface area (TPSA) is 66.1 Å². The molecular formula is C15H17Cl2N3O2S. The zero-order valence-corrected chi connectivity index (χ0v) is 14.9. The van der Waals surface area contributed by atoms with Gasteiger partial charge >= 0.3 is 0 Å². The molecular weight excluding hydrogens is 357 g/mol. The molecule has 0 atom stereocenters. The van der Waals surface area contributed by atoms with Crippen LogP contribution in [0.5, 0.6) is 0 Å². The van der Waals surface area contributed by atoms with Crippen molar-refractivity contribution < 1.29 is 8.42 Å². The number of sulfonamides is 1. The predicted molar refractivity (Wildman–Crippen MR) is 92.4 cm³/mol. The Morgan fingerprint density at radius 2 is 1.78 bits per heavy atom. The van der Waals surface area contributed by atoms with Crippen molar-refractivity contribution in [1.29, 1.82) is 0 Å². The highest BCUT2D eigenvalue weighted by atomic mass is 35.5. The van der Waals surface area contributed by atoms with E-state index >= 15 is 0 Å². The second kappa shape index (κ2) is 6.43. The average Bonchev–Trinajstić information content (AvgIpc) is 2.95. The number of hydrogen-bond donors (Lipinski definition) is 1. The molecule has 1 N–H and O–H groups in total. The highest BCUT2D eigenvalue weighted by molar-refractivity contribution is 7.88. The van der Waals surface area contributed by atoms with E-state index < -0.39 is 10.0 Å². The highest BCUT2D eigenvalue weighted by Gasteiger charge is 2.27. The smallest absolute Gasteiger partial charge is 0.211 e. The number of benzene rings is 1. The van der Waals surface area contributed by atoms with E-state index in [1.165, 1.54) is 10.6 Å². The number of nitrogens with one attached hydrogen (secondary N) is 1. The van der Waals surface area contributed by atoms with E-state index in [0.717, 1.165) is 29.9 Å². The van der Waals surface area contributed by atoms with Crippen molar-refractivity contribution in [3.63, 3.8) is 0 Å². The zero-order valence-electron chi connectivity index (χ0n) is 12.6. The lowest BCUT2D eigenvalue weighted by Crippen LogP contribution is -2.37. The third kappa shape index (κ3) is 3.88. The summed E-state index contributed by atoms with van der Waals surface area (Å²) in [5.41, 5.74) is 1.74. The molecule has 1 aromatic carbocycles. The maximum atomic E-state index is 11.6. The fourth-order valence-corrected chi connectivity index (χ4v) is 4.26. The van der Waals surface area contributed by atoms with E-state index in [1.54, 1.807) is 12.3 Å². The number of imidazole rings is 1. The summed E-state index contributed by atoms with van der Waals surface area (Å²) in [4.78, 5) is 7.76. The van der Waals surface area contributed by atoms with Gasteiger partial charge in [0.15, 0.2) is 0 Å². The second-order valence-corrected chi connectivity index (χ2v) is 8.63. The number of nitrogens with zero attached hydrogens (tertiary/aromatic N) is 2. The van der Waals surface area contributed by atoms with E-state index in [2.05, 4.69) is 9.97 Å². The monoisotopic (exact) mass is 373 g/mol. The van der Waals surface area contributed by atoms with Crippen molar-refractivity contribution in [1.82, 2.24) is 14.3 Å². The van der Waals surface area contributed by atoms with Crippen LogP contribution in [0.3, 0.4) is 0 Å². The van der Waals surface area contributed by atoms with Gasteiger partial charge in [0.2, 0.25) is 10.0 Å². The molecule has 2 heterocycles. The first kappa shape index (κ1) is 16.8. The molecule has 0 saturated carbocycles. The van der Waals surface area contributed by atoms with Gasteiger partial charge in [-0.15, -0.1) is 0 Å². The second-order valence-electron chi connectivity index (χ2n) is 5.78. The Morgan fingerprint density at radius 3 is 2.35 bits per heavy atom. The molecule has 0 aliphatic carbocycles. The van der Waals surface area contributed by atoms with Crippen molar-refractivity contribution >= 4 is 33.2 Å². The van der Waals surface area contributed by atoms with Crippen molar-refractivity contribution in [3.8, 4) is 11.3 Å². The molecule has 0 unspecified atom stereocenters. The van der Waals surface area contributed by atoms with Crippen LogP contribution in [0.4, 0.5) is 0 Å². The molecule has 1 aliphatic rings. The molecule has 0 amide bonds. The number of H-pyrrole nitrogens is 1. The van der Waals surface area contributed by atoms with E-state index in [-0.39, 0.29) is 5.92 Å². The van der Waals surface area contributed by atoms with Gasteiger partial charge < -0.3 is 4.98 Å². The van der Waals surface area contributed by atoms with Gasteiger partial charge in [-0.25, -0.2) is 17.7 Å². The maximum Gasteiger partial charge on any atom is 0.211 e. The van der Waals surface area contributed by atoms with Crippen LogP contribution >= 0.6 is 23.2 Å². The van der Waals surface area contributed by atoms with Crippen LogP contribution in [0.2, 0.25) is 10.0 Å². The van der Waals surface area contributed by atoms with E-state index in [9.17, 15) is 8.42 Å². The Labute approximate surface area is 145 Å². The van der Waals surface area contributed by atoms with Crippen molar-refractivity contribution in [2.24, 2.45) is 0 Å². The van der Waals surface area contributed by atoms with Crippen molar-refractivity contribution in [2.75, 3.05) is 19.3 Å². The minimum Gasteiger partial charge on any atom is -0.342 e. The van der Waals surface area contributed by atoms with Crippen LogP contribution in [-0.4, -0.2) is 42.0 Å². The molecule has 2 aromatic rings. The molecule has 1 aromatic heterocycles. The van der Waals surface area contributed by atoms with Crippen LogP contribution < -0.4 is 0 Å². The summed E-state index contributed by atoms with van der Waals surface area (Å²) in [6.45, 7) is 1.06. The molecule has 0 bridgehead atoms. The first-order valence-corrected chi connectivity index (χ1v) is 9.90. The molecule has 8 heteroatoms. The predicted octanol–water partition coefficient (Wildman–Crippen LogP) is 3.52. The number of rotatable bonds is 3. The van der Waals surface area contributed by atoms with E-state index in [1.807, 2.05) is 12.1 Å². The summed E-state index contributed by atoms with van der Waals surface area (Å²) in [5, 5.41) is 1.15. The number of hydrogen-bond acceptors (Lipinski definition) is 3. The van der Waals surface area contributed by atoms with Gasteiger partial charge in [0.25, 0.3) is 0 Å². The van der Waals surface area contributed by atoms with Crippen LogP contribution in [0.1, 0.15) is 24.6 Å². The normalized spacial score (nSPS) is 17.5. The van der Waals surface area contributed by atoms with Gasteiger partial charge in [-0.2, -0.15) is 0 Å². The number of halogens is 2. The van der Waals surface area contributed by atoms with Gasteiger partial charge in [-0.05, 0) is 31.0 Å². The first-order chi connectivity index (χ1) is 10.8. The highest BCUT2D eigenvalue weighted by Crippen LogP contribution is 2.30. The summed E-state index contributed by atoms with van der Waals surface area (Å²) in [6, 6.07) is 5.35.